The molecule has 0 saturated heterocycles. The largest absolute Gasteiger partial charge is 0.469 e. The van der Waals surface area contributed by atoms with Gasteiger partial charge in [0.2, 0.25) is 5.91 Å². The van der Waals surface area contributed by atoms with Crippen LogP contribution in [0.4, 0.5) is 0 Å². The lowest BCUT2D eigenvalue weighted by Gasteiger charge is -2.10. The molecule has 1 aromatic carbocycles. The average Bonchev–Trinajstić information content (AvgIpc) is 3.12. The van der Waals surface area contributed by atoms with Gasteiger partial charge in [0.15, 0.2) is 5.16 Å². The molecular weight excluding hydrogens is 350 g/mol. The monoisotopic (exact) mass is 375 g/mol. The van der Waals surface area contributed by atoms with Gasteiger partial charge in [-0.3, -0.25) is 14.2 Å². The minimum Gasteiger partial charge on any atom is -0.469 e. The Morgan fingerprint density at radius 2 is 2.00 bits per heavy atom. The van der Waals surface area contributed by atoms with Gasteiger partial charge in [-0.2, -0.15) is 0 Å². The first kappa shape index (κ1) is 20.0. The van der Waals surface area contributed by atoms with Crippen LogP contribution in [0.3, 0.4) is 0 Å². The molecule has 7 heteroatoms. The van der Waals surface area contributed by atoms with Crippen LogP contribution in [0.2, 0.25) is 0 Å². The van der Waals surface area contributed by atoms with Gasteiger partial charge < -0.3 is 10.1 Å². The number of imidazole rings is 1. The number of benzene rings is 1. The van der Waals surface area contributed by atoms with E-state index in [0.717, 1.165) is 10.8 Å². The molecular formula is C19H25N3O3S. The molecule has 1 N–H and O–H groups in total. The van der Waals surface area contributed by atoms with Crippen molar-refractivity contribution in [2.45, 2.75) is 37.8 Å². The van der Waals surface area contributed by atoms with Gasteiger partial charge in [0, 0.05) is 31.0 Å². The lowest BCUT2D eigenvalue weighted by atomic mass is 10.0. The number of nitrogens with one attached hydrogen (secondary N) is 1. The molecule has 0 aliphatic rings. The first-order chi connectivity index (χ1) is 12.5. The molecule has 2 aromatic rings. The molecule has 0 unspecified atom stereocenters. The summed E-state index contributed by atoms with van der Waals surface area (Å²) in [4.78, 5) is 27.3. The SMILES string of the molecule is COC(=O)CCCNC(=O)CSc1nccn1-c1ccc(C(C)C)cc1. The van der Waals surface area contributed by atoms with Crippen LogP contribution in [0, 0.1) is 0 Å². The van der Waals surface area contributed by atoms with Crippen LogP contribution in [-0.2, 0) is 14.3 Å². The zero-order valence-electron chi connectivity index (χ0n) is 15.4. The maximum absolute atomic E-state index is 11.9. The number of hydrogen-bond acceptors (Lipinski definition) is 5. The fourth-order valence-corrected chi connectivity index (χ4v) is 3.16. The van der Waals surface area contributed by atoms with Gasteiger partial charge in [0.25, 0.3) is 0 Å². The van der Waals surface area contributed by atoms with Crippen molar-refractivity contribution in [1.82, 2.24) is 14.9 Å². The Morgan fingerprint density at radius 1 is 1.27 bits per heavy atom. The number of methoxy groups -OCH3 is 1. The predicted octanol–water partition coefficient (Wildman–Crippen LogP) is 3.16. The molecule has 0 radical (unpaired) electrons. The van der Waals surface area contributed by atoms with Gasteiger partial charge in [0.1, 0.15) is 0 Å². The summed E-state index contributed by atoms with van der Waals surface area (Å²) in [6.45, 7) is 4.79. The summed E-state index contributed by atoms with van der Waals surface area (Å²) in [7, 11) is 1.36. The molecule has 0 saturated carbocycles. The number of amides is 1. The van der Waals surface area contributed by atoms with E-state index >= 15 is 0 Å². The highest BCUT2D eigenvalue weighted by molar-refractivity contribution is 7.99. The van der Waals surface area contributed by atoms with Gasteiger partial charge in [-0.05, 0) is 30.0 Å². The summed E-state index contributed by atoms with van der Waals surface area (Å²) in [5, 5.41) is 3.57. The minimum atomic E-state index is -0.265. The Morgan fingerprint density at radius 3 is 2.65 bits per heavy atom. The molecule has 140 valence electrons. The Labute approximate surface area is 158 Å². The summed E-state index contributed by atoms with van der Waals surface area (Å²) >= 11 is 1.38. The molecule has 26 heavy (non-hydrogen) atoms. The number of aromatic nitrogens is 2. The van der Waals surface area contributed by atoms with E-state index in [1.165, 1.54) is 24.4 Å². The quantitative estimate of drug-likeness (QED) is 0.414. The molecule has 1 heterocycles. The lowest BCUT2D eigenvalue weighted by molar-refractivity contribution is -0.140. The Hall–Kier alpha value is -2.28. The number of ether oxygens (including phenoxy) is 1. The van der Waals surface area contributed by atoms with Crippen molar-refractivity contribution in [3.05, 3.63) is 42.2 Å². The van der Waals surface area contributed by atoms with Gasteiger partial charge in [-0.15, -0.1) is 0 Å². The second-order valence-electron chi connectivity index (χ2n) is 6.14. The van der Waals surface area contributed by atoms with Gasteiger partial charge in [-0.1, -0.05) is 37.7 Å². The van der Waals surface area contributed by atoms with Crippen LogP contribution >= 0.6 is 11.8 Å². The average molecular weight is 375 g/mol. The van der Waals surface area contributed by atoms with E-state index in [1.807, 2.05) is 10.8 Å². The number of hydrogen-bond donors (Lipinski definition) is 1. The summed E-state index contributed by atoms with van der Waals surface area (Å²) in [5.41, 5.74) is 2.31. The number of carbonyl (C=O) groups is 2. The molecule has 1 amide bonds. The molecule has 6 nitrogen and oxygen atoms in total. The van der Waals surface area contributed by atoms with E-state index in [1.54, 1.807) is 6.20 Å². The number of thioether (sulfide) groups is 1. The maximum atomic E-state index is 11.9. The van der Waals surface area contributed by atoms with Crippen LogP contribution in [0.1, 0.15) is 38.2 Å². The molecule has 0 atom stereocenters. The van der Waals surface area contributed by atoms with Crippen molar-refractivity contribution in [3.8, 4) is 5.69 Å². The Bertz CT molecular complexity index is 726. The zero-order chi connectivity index (χ0) is 18.9. The van der Waals surface area contributed by atoms with E-state index < -0.39 is 0 Å². The van der Waals surface area contributed by atoms with Gasteiger partial charge in [0.05, 0.1) is 12.9 Å². The second kappa shape index (κ2) is 10.0. The van der Waals surface area contributed by atoms with Crippen LogP contribution in [-0.4, -0.2) is 40.8 Å². The van der Waals surface area contributed by atoms with Gasteiger partial charge >= 0.3 is 5.97 Å². The van der Waals surface area contributed by atoms with Crippen molar-refractivity contribution in [2.24, 2.45) is 0 Å². The van der Waals surface area contributed by atoms with Crippen LogP contribution < -0.4 is 5.32 Å². The van der Waals surface area contributed by atoms with Crippen molar-refractivity contribution in [3.63, 3.8) is 0 Å². The highest BCUT2D eigenvalue weighted by atomic mass is 32.2. The Balaban J connectivity index is 1.85. The van der Waals surface area contributed by atoms with Crippen molar-refractivity contribution >= 4 is 23.6 Å². The van der Waals surface area contributed by atoms with Crippen molar-refractivity contribution in [2.75, 3.05) is 19.4 Å². The molecule has 1 aromatic heterocycles. The number of esters is 1. The van der Waals surface area contributed by atoms with Crippen molar-refractivity contribution < 1.29 is 14.3 Å². The normalized spacial score (nSPS) is 10.8. The molecule has 0 aliphatic carbocycles. The summed E-state index contributed by atoms with van der Waals surface area (Å²) in [5.74, 6) is 0.423. The van der Waals surface area contributed by atoms with Crippen LogP contribution in [0.25, 0.3) is 5.69 Å². The third-order valence-corrected chi connectivity index (χ3v) is 4.85. The number of rotatable bonds is 9. The highest BCUT2D eigenvalue weighted by Crippen LogP contribution is 2.22. The third-order valence-electron chi connectivity index (χ3n) is 3.88. The highest BCUT2D eigenvalue weighted by Gasteiger charge is 2.10. The van der Waals surface area contributed by atoms with E-state index in [-0.39, 0.29) is 17.6 Å². The van der Waals surface area contributed by atoms with E-state index in [2.05, 4.69) is 53.2 Å². The third kappa shape index (κ3) is 5.91. The fourth-order valence-electron chi connectivity index (χ4n) is 2.36. The van der Waals surface area contributed by atoms with E-state index in [0.29, 0.717) is 25.3 Å². The maximum Gasteiger partial charge on any atom is 0.305 e. The van der Waals surface area contributed by atoms with E-state index in [9.17, 15) is 9.59 Å². The summed E-state index contributed by atoms with van der Waals surface area (Å²) in [6, 6.07) is 8.35. The fraction of sp³-hybridized carbons (Fsp3) is 0.421. The molecule has 0 aliphatic heterocycles. The lowest BCUT2D eigenvalue weighted by Crippen LogP contribution is -2.26. The van der Waals surface area contributed by atoms with Crippen LogP contribution in [0.5, 0.6) is 0 Å². The first-order valence-electron chi connectivity index (χ1n) is 8.61. The minimum absolute atomic E-state index is 0.0791. The van der Waals surface area contributed by atoms with Gasteiger partial charge in [-0.25, -0.2) is 4.98 Å². The molecule has 2 rings (SSSR count). The predicted molar refractivity (Wildman–Crippen MR) is 103 cm³/mol. The number of carbonyl (C=O) groups excluding carboxylic acids is 2. The first-order valence-corrected chi connectivity index (χ1v) is 9.59. The van der Waals surface area contributed by atoms with E-state index in [4.69, 9.17) is 0 Å². The Kier molecular flexibility index (Phi) is 7.72. The zero-order valence-corrected chi connectivity index (χ0v) is 16.2. The summed E-state index contributed by atoms with van der Waals surface area (Å²) in [6.07, 6.45) is 4.49. The molecule has 0 fully saturated rings. The summed E-state index contributed by atoms with van der Waals surface area (Å²) < 4.78 is 6.53. The van der Waals surface area contributed by atoms with Crippen molar-refractivity contribution in [1.29, 1.82) is 0 Å². The van der Waals surface area contributed by atoms with Crippen LogP contribution in [0.15, 0.2) is 41.8 Å². The smallest absolute Gasteiger partial charge is 0.305 e. The molecule has 0 bridgehead atoms. The number of nitrogens with zero attached hydrogens (tertiary/aromatic N) is 2. The molecule has 0 spiro atoms. The second-order valence-corrected chi connectivity index (χ2v) is 7.09. The topological polar surface area (TPSA) is 73.2 Å². The standard InChI is InChI=1S/C19H25N3O3S/c1-14(2)15-6-8-16(9-7-15)22-12-11-21-19(22)26-13-17(23)20-10-4-5-18(24)25-3/h6-9,11-12,14H,4-5,10,13H2,1-3H3,(H,20,23).